The van der Waals surface area contributed by atoms with Crippen LogP contribution in [0.5, 0.6) is 0 Å². The SMILES string of the molecule is O=C1CCCO1.O=CN1CCN(Cc2cc3nc(-c4cccc5[nH]ncc45)nc(N4CCOCC4)c3s2)CC1. The van der Waals surface area contributed by atoms with Gasteiger partial charge in [-0.15, -0.1) is 11.3 Å². The molecule has 3 fully saturated rings. The molecule has 1 aromatic carbocycles. The van der Waals surface area contributed by atoms with E-state index in [1.807, 2.05) is 23.2 Å². The summed E-state index contributed by atoms with van der Waals surface area (Å²) >= 11 is 1.78. The Morgan fingerprint density at radius 2 is 1.90 bits per heavy atom. The quantitative estimate of drug-likeness (QED) is 0.296. The van der Waals surface area contributed by atoms with E-state index in [0.717, 1.165) is 97.0 Å². The van der Waals surface area contributed by atoms with E-state index < -0.39 is 0 Å². The van der Waals surface area contributed by atoms with Gasteiger partial charge < -0.3 is 19.3 Å². The van der Waals surface area contributed by atoms with Crippen molar-refractivity contribution in [1.29, 1.82) is 0 Å². The first-order valence-corrected chi connectivity index (χ1v) is 14.1. The second-order valence-corrected chi connectivity index (χ2v) is 10.9. The number of fused-ring (bicyclic) bond motifs is 2. The van der Waals surface area contributed by atoms with Crippen LogP contribution in [-0.4, -0.2) is 101 Å². The number of hydrogen-bond acceptors (Lipinski definition) is 10. The van der Waals surface area contributed by atoms with Gasteiger partial charge in [-0.3, -0.25) is 19.6 Å². The second kappa shape index (κ2) is 11.6. The molecule has 0 unspecified atom stereocenters. The van der Waals surface area contributed by atoms with E-state index in [0.29, 0.717) is 26.2 Å². The number of piperazine rings is 1. The molecular formula is C27H31N7O4S. The van der Waals surface area contributed by atoms with Crippen LogP contribution in [0.2, 0.25) is 0 Å². The Labute approximate surface area is 229 Å². The normalized spacial score (nSPS) is 18.3. The molecule has 3 saturated heterocycles. The first kappa shape index (κ1) is 25.7. The predicted octanol–water partition coefficient (Wildman–Crippen LogP) is 2.67. The number of H-pyrrole nitrogens is 1. The summed E-state index contributed by atoms with van der Waals surface area (Å²) in [6.45, 7) is 7.91. The van der Waals surface area contributed by atoms with Crippen LogP contribution < -0.4 is 4.90 Å². The molecule has 11 nitrogen and oxygen atoms in total. The van der Waals surface area contributed by atoms with Crippen molar-refractivity contribution < 1.29 is 19.1 Å². The van der Waals surface area contributed by atoms with Gasteiger partial charge in [0.2, 0.25) is 6.41 Å². The van der Waals surface area contributed by atoms with Crippen LogP contribution in [-0.2, 0) is 25.6 Å². The van der Waals surface area contributed by atoms with Gasteiger partial charge in [-0.05, 0) is 18.6 Å². The zero-order chi connectivity index (χ0) is 26.6. The van der Waals surface area contributed by atoms with E-state index in [1.54, 1.807) is 11.3 Å². The van der Waals surface area contributed by atoms with Crippen LogP contribution >= 0.6 is 11.3 Å². The highest BCUT2D eigenvalue weighted by atomic mass is 32.1. The lowest BCUT2D eigenvalue weighted by atomic mass is 10.1. The summed E-state index contributed by atoms with van der Waals surface area (Å²) in [5.74, 6) is 1.66. The number of carbonyl (C=O) groups is 2. The van der Waals surface area contributed by atoms with Crippen molar-refractivity contribution in [2.24, 2.45) is 0 Å². The van der Waals surface area contributed by atoms with Crippen molar-refractivity contribution in [3.05, 3.63) is 35.3 Å². The smallest absolute Gasteiger partial charge is 0.305 e. The highest BCUT2D eigenvalue weighted by Gasteiger charge is 2.22. The minimum absolute atomic E-state index is 0.0463. The van der Waals surface area contributed by atoms with Crippen molar-refractivity contribution >= 4 is 50.7 Å². The molecule has 0 spiro atoms. The minimum atomic E-state index is -0.0463. The Balaban J connectivity index is 0.000000410. The van der Waals surface area contributed by atoms with Crippen LogP contribution in [0.25, 0.3) is 32.5 Å². The number of aromatic amines is 1. The average molecular weight is 550 g/mol. The first-order valence-electron chi connectivity index (χ1n) is 13.3. The lowest BCUT2D eigenvalue weighted by Gasteiger charge is -2.32. The molecule has 0 saturated carbocycles. The van der Waals surface area contributed by atoms with Crippen molar-refractivity contribution in [3.63, 3.8) is 0 Å². The van der Waals surface area contributed by atoms with E-state index >= 15 is 0 Å². The standard InChI is InChI=1S/C23H25N7O2S.C4H6O2/c31-15-29-6-4-28(5-7-29)14-16-12-20-21(33-16)23(30-8-10-32-11-9-30)26-22(25-20)17-2-1-3-19-18(17)13-24-27-19;5-4-2-1-3-6-4/h1-3,12-13,15H,4-11,14H2,(H,24,27);1-3H2. The molecule has 7 rings (SSSR count). The summed E-state index contributed by atoms with van der Waals surface area (Å²) in [6.07, 6.45) is 4.33. The lowest BCUT2D eigenvalue weighted by molar-refractivity contribution is -0.137. The van der Waals surface area contributed by atoms with Crippen molar-refractivity contribution in [2.45, 2.75) is 19.4 Å². The van der Waals surface area contributed by atoms with Gasteiger partial charge in [-0.25, -0.2) is 9.97 Å². The summed E-state index contributed by atoms with van der Waals surface area (Å²) < 4.78 is 11.2. The fourth-order valence-electron chi connectivity index (χ4n) is 5.04. The zero-order valence-corrected chi connectivity index (χ0v) is 22.5. The molecule has 0 aliphatic carbocycles. The third kappa shape index (κ3) is 5.72. The number of rotatable bonds is 5. The van der Waals surface area contributed by atoms with Crippen molar-refractivity contribution in [2.75, 3.05) is 64.0 Å². The van der Waals surface area contributed by atoms with Gasteiger partial charge in [0, 0.05) is 68.1 Å². The number of benzene rings is 1. The number of anilines is 1. The summed E-state index contributed by atoms with van der Waals surface area (Å²) in [5.41, 5.74) is 2.94. The molecule has 39 heavy (non-hydrogen) atoms. The summed E-state index contributed by atoms with van der Waals surface area (Å²) in [6, 6.07) is 8.29. The molecule has 0 atom stereocenters. The third-order valence-electron chi connectivity index (χ3n) is 7.16. The minimum Gasteiger partial charge on any atom is -0.466 e. The number of cyclic esters (lactones) is 1. The number of aromatic nitrogens is 4. The third-order valence-corrected chi connectivity index (χ3v) is 8.27. The zero-order valence-electron chi connectivity index (χ0n) is 21.7. The number of nitrogens with one attached hydrogen (secondary N) is 1. The maximum atomic E-state index is 11.0. The van der Waals surface area contributed by atoms with E-state index in [2.05, 4.69) is 36.9 Å². The number of carbonyl (C=O) groups excluding carboxylic acids is 2. The lowest BCUT2D eigenvalue weighted by Crippen LogP contribution is -2.44. The highest BCUT2D eigenvalue weighted by molar-refractivity contribution is 7.19. The number of thiophene rings is 1. The van der Waals surface area contributed by atoms with Gasteiger partial charge in [-0.1, -0.05) is 12.1 Å². The highest BCUT2D eigenvalue weighted by Crippen LogP contribution is 2.36. The fourth-order valence-corrected chi connectivity index (χ4v) is 6.19. The fraction of sp³-hybridized carbons (Fsp3) is 0.444. The van der Waals surface area contributed by atoms with Gasteiger partial charge in [0.15, 0.2) is 11.6 Å². The van der Waals surface area contributed by atoms with Gasteiger partial charge in [0.1, 0.15) is 0 Å². The summed E-state index contributed by atoms with van der Waals surface area (Å²) in [4.78, 5) is 38.9. The molecule has 4 aromatic rings. The Bertz CT molecular complexity index is 1450. The topological polar surface area (TPSA) is 117 Å². The second-order valence-electron chi connectivity index (χ2n) is 9.78. The largest absolute Gasteiger partial charge is 0.466 e. The predicted molar refractivity (Wildman–Crippen MR) is 149 cm³/mol. The molecule has 0 radical (unpaired) electrons. The Morgan fingerprint density at radius 1 is 1.05 bits per heavy atom. The Hall–Kier alpha value is -3.61. The molecule has 0 bridgehead atoms. The number of nitrogens with zero attached hydrogens (tertiary/aromatic N) is 6. The van der Waals surface area contributed by atoms with Crippen LogP contribution in [0.1, 0.15) is 17.7 Å². The molecule has 6 heterocycles. The Morgan fingerprint density at radius 3 is 2.62 bits per heavy atom. The van der Waals surface area contributed by atoms with Gasteiger partial charge in [0.25, 0.3) is 0 Å². The van der Waals surface area contributed by atoms with Crippen LogP contribution in [0.15, 0.2) is 30.5 Å². The van der Waals surface area contributed by atoms with E-state index in [1.165, 1.54) is 4.88 Å². The molecule has 3 aliphatic heterocycles. The molecule has 1 amide bonds. The maximum absolute atomic E-state index is 11.0. The first-order chi connectivity index (χ1) is 19.2. The number of esters is 1. The molecule has 204 valence electrons. The maximum Gasteiger partial charge on any atom is 0.305 e. The summed E-state index contributed by atoms with van der Waals surface area (Å²) in [7, 11) is 0. The molecule has 1 N–H and O–H groups in total. The van der Waals surface area contributed by atoms with Gasteiger partial charge in [0.05, 0.1) is 41.8 Å². The van der Waals surface area contributed by atoms with Gasteiger partial charge >= 0.3 is 5.97 Å². The number of morpholine rings is 1. The number of hydrogen-bond donors (Lipinski definition) is 1. The molecule has 12 heteroatoms. The number of ether oxygens (including phenoxy) is 2. The van der Waals surface area contributed by atoms with E-state index in [9.17, 15) is 9.59 Å². The number of amides is 1. The van der Waals surface area contributed by atoms with Crippen molar-refractivity contribution in [3.8, 4) is 11.4 Å². The van der Waals surface area contributed by atoms with Crippen LogP contribution in [0.4, 0.5) is 5.82 Å². The average Bonchev–Trinajstić information content (AvgIpc) is 3.74. The van der Waals surface area contributed by atoms with E-state index in [-0.39, 0.29) is 5.97 Å². The molecular weight excluding hydrogens is 518 g/mol. The molecule has 3 aromatic heterocycles. The van der Waals surface area contributed by atoms with Crippen LogP contribution in [0.3, 0.4) is 0 Å². The monoisotopic (exact) mass is 549 g/mol. The van der Waals surface area contributed by atoms with E-state index in [4.69, 9.17) is 14.7 Å². The summed E-state index contributed by atoms with van der Waals surface area (Å²) in [5, 5.41) is 8.27. The van der Waals surface area contributed by atoms with Crippen molar-refractivity contribution in [1.82, 2.24) is 30.0 Å². The molecule has 3 aliphatic rings. The van der Waals surface area contributed by atoms with Crippen LogP contribution in [0, 0.1) is 0 Å². The Kier molecular flexibility index (Phi) is 7.66. The van der Waals surface area contributed by atoms with Gasteiger partial charge in [-0.2, -0.15) is 5.10 Å².